The number of thioether (sulfide) groups is 1. The molecule has 1 fully saturated rings. The minimum absolute atomic E-state index is 0.0753. The van der Waals surface area contributed by atoms with Gasteiger partial charge in [-0.3, -0.25) is 14.5 Å². The minimum Gasteiger partial charge on any atom is -0.469 e. The number of hydrogen-bond donors (Lipinski definition) is 2. The zero-order valence-electron chi connectivity index (χ0n) is 36.5. The van der Waals surface area contributed by atoms with Crippen molar-refractivity contribution in [2.45, 2.75) is 23.1 Å². The summed E-state index contributed by atoms with van der Waals surface area (Å²) in [6.45, 7) is 0. The number of carbonyl (C=O) groups is 2. The van der Waals surface area contributed by atoms with Crippen LogP contribution in [0.2, 0.25) is 0 Å². The van der Waals surface area contributed by atoms with Crippen molar-refractivity contribution in [1.82, 2.24) is 20.2 Å². The molecule has 2 aliphatic rings. The van der Waals surface area contributed by atoms with Crippen LogP contribution in [-0.4, -0.2) is 61.7 Å². The van der Waals surface area contributed by atoms with E-state index >= 15 is 0 Å². The summed E-state index contributed by atoms with van der Waals surface area (Å²) in [6, 6.07) is 59.3. The second kappa shape index (κ2) is 19.9. The van der Waals surface area contributed by atoms with Crippen LogP contribution in [0.4, 0.5) is 5.13 Å². The van der Waals surface area contributed by atoms with Crippen LogP contribution in [0.25, 0.3) is 16.8 Å². The van der Waals surface area contributed by atoms with E-state index in [1.54, 1.807) is 10.3 Å². The Kier molecular flexibility index (Phi) is 13.1. The standard InChI is InChI=1S/C54H42N6O4S4/c1-63-59-44(43-34-68-53(56-43)58-54(38-26-14-5-15-27-38,39-28-16-6-17-29-39)40-30-18-7-19-31-40)48(61)57-45-50(62)60-46(52(65)64-47(36-22-10-3-11-23-36)37-24-12-4-13-25-37)41(32-67-51(45)60)49-55-42(33-66-49)35-20-8-2-9-21-35/h2-31,33-34,45,47,51H,32H2,1H3,(H,56,58)(H,57,61)/t45-,51-/m1/s1. The zero-order valence-corrected chi connectivity index (χ0v) is 39.7. The van der Waals surface area contributed by atoms with E-state index < -0.39 is 29.0 Å². The quantitative estimate of drug-likeness (QED) is 0.0340. The van der Waals surface area contributed by atoms with Gasteiger partial charge in [0, 0.05) is 27.6 Å². The lowest BCUT2D eigenvalue weighted by Gasteiger charge is -2.50. The number of thiocarbonyl (C=S) groups is 1. The van der Waals surface area contributed by atoms with Crippen molar-refractivity contribution >= 4 is 79.9 Å². The molecule has 0 radical (unpaired) electrons. The fraction of sp³-hybridized carbons (Fsp3) is 0.111. The normalized spacial score (nSPS) is 15.9. The molecule has 336 valence electrons. The van der Waals surface area contributed by atoms with E-state index in [-0.39, 0.29) is 22.4 Å². The molecule has 2 aliphatic heterocycles. The molecule has 10 rings (SSSR count). The highest BCUT2D eigenvalue weighted by Gasteiger charge is 2.54. The molecule has 10 nitrogen and oxygen atoms in total. The van der Waals surface area contributed by atoms with Gasteiger partial charge in [0.15, 0.2) is 10.8 Å². The van der Waals surface area contributed by atoms with Crippen LogP contribution in [0.5, 0.6) is 0 Å². The van der Waals surface area contributed by atoms with Gasteiger partial charge in [-0.1, -0.05) is 187 Å². The Hall–Kier alpha value is -7.23. The number of carbonyl (C=O) groups excluding carboxylic acids is 2. The summed E-state index contributed by atoms with van der Waals surface area (Å²) in [5.41, 5.74) is 7.20. The molecule has 2 atom stereocenters. The second-order valence-corrected chi connectivity index (χ2v) is 19.0. The van der Waals surface area contributed by atoms with Crippen LogP contribution in [0, 0.1) is 0 Å². The maximum Gasteiger partial charge on any atom is 0.276 e. The molecule has 4 heterocycles. The first-order valence-corrected chi connectivity index (χ1v) is 25.0. The Balaban J connectivity index is 0.946. The highest BCUT2D eigenvalue weighted by atomic mass is 32.2. The van der Waals surface area contributed by atoms with Gasteiger partial charge in [-0.05, 0) is 40.0 Å². The number of ether oxygens (including phenoxy) is 1. The molecule has 0 saturated carbocycles. The van der Waals surface area contributed by atoms with Gasteiger partial charge in [0.05, 0.1) is 5.69 Å². The van der Waals surface area contributed by atoms with Crippen LogP contribution in [-0.2, 0) is 24.7 Å². The van der Waals surface area contributed by atoms with Gasteiger partial charge in [0.2, 0.25) is 5.05 Å². The Morgan fingerprint density at radius 2 is 1.26 bits per heavy atom. The number of β-lactam (4-membered cyclic amide) rings is 1. The minimum atomic E-state index is -0.915. The average Bonchev–Trinajstić information content (AvgIpc) is 4.10. The summed E-state index contributed by atoms with van der Waals surface area (Å²) < 4.78 is 6.78. The number of aromatic nitrogens is 2. The molecule has 0 aliphatic carbocycles. The summed E-state index contributed by atoms with van der Waals surface area (Å²) in [5.74, 6) is -0.506. The smallest absolute Gasteiger partial charge is 0.276 e. The predicted octanol–water partition coefficient (Wildman–Crippen LogP) is 11.0. The summed E-state index contributed by atoms with van der Waals surface area (Å²) >= 11 is 10.5. The van der Waals surface area contributed by atoms with Crippen molar-refractivity contribution in [2.24, 2.45) is 5.16 Å². The number of nitrogens with zero attached hydrogens (tertiary/aromatic N) is 4. The number of nitrogens with one attached hydrogen (secondary N) is 2. The number of amides is 2. The molecule has 1 saturated heterocycles. The summed E-state index contributed by atoms with van der Waals surface area (Å²) in [7, 11) is 1.37. The van der Waals surface area contributed by atoms with Crippen LogP contribution < -0.4 is 10.6 Å². The topological polar surface area (TPSA) is 118 Å². The second-order valence-electron chi connectivity index (χ2n) is 15.8. The molecule has 14 heteroatoms. The molecule has 2 amide bonds. The lowest BCUT2D eigenvalue weighted by Crippen LogP contribution is -2.71. The Morgan fingerprint density at radius 1 is 0.735 bits per heavy atom. The fourth-order valence-corrected chi connectivity index (χ4v) is 11.9. The van der Waals surface area contributed by atoms with Crippen molar-refractivity contribution in [1.29, 1.82) is 0 Å². The van der Waals surface area contributed by atoms with Crippen LogP contribution in [0.1, 0.15) is 44.6 Å². The van der Waals surface area contributed by atoms with Gasteiger partial charge < -0.3 is 20.2 Å². The number of thiazole rings is 2. The molecule has 0 spiro atoms. The third-order valence-electron chi connectivity index (χ3n) is 11.8. The highest BCUT2D eigenvalue weighted by molar-refractivity contribution is 8.00. The third-order valence-corrected chi connectivity index (χ3v) is 15.0. The fourth-order valence-electron chi connectivity index (χ4n) is 8.56. The maximum atomic E-state index is 14.6. The van der Waals surface area contributed by atoms with Crippen LogP contribution in [0.15, 0.2) is 204 Å². The van der Waals surface area contributed by atoms with Crippen molar-refractivity contribution in [3.05, 3.63) is 237 Å². The van der Waals surface area contributed by atoms with E-state index in [9.17, 15) is 9.59 Å². The number of anilines is 1. The Bertz CT molecular complexity index is 2980. The maximum absolute atomic E-state index is 14.6. The number of oxime groups is 1. The van der Waals surface area contributed by atoms with Crippen molar-refractivity contribution in [3.8, 4) is 11.3 Å². The number of benzene rings is 6. The summed E-state index contributed by atoms with van der Waals surface area (Å²) in [5, 5.41) is 15.6. The van der Waals surface area contributed by atoms with Crippen LogP contribution >= 0.6 is 46.7 Å². The molecule has 0 unspecified atom stereocenters. The van der Waals surface area contributed by atoms with Crippen molar-refractivity contribution < 1.29 is 19.2 Å². The number of fused-ring (bicyclic) bond motifs is 1. The van der Waals surface area contributed by atoms with E-state index in [1.807, 2.05) is 151 Å². The third kappa shape index (κ3) is 8.74. The van der Waals surface area contributed by atoms with E-state index in [0.29, 0.717) is 16.6 Å². The molecule has 68 heavy (non-hydrogen) atoms. The SMILES string of the molecule is CON=C(C(=O)N[C@@H]1C(=O)N2C(C(=S)OC(c3ccccc3)c3ccccc3)=C(c3nc(-c4ccccc4)cs3)CS[C@H]12)c1csc(NC(c2ccccc2)(c2ccccc2)c2ccccc2)n1. The molecular formula is C54H42N6O4S4. The largest absolute Gasteiger partial charge is 0.469 e. The average molecular weight is 967 g/mol. The number of rotatable bonds is 15. The van der Waals surface area contributed by atoms with Gasteiger partial charge in [-0.25, -0.2) is 9.97 Å². The van der Waals surface area contributed by atoms with E-state index in [2.05, 4.69) is 52.2 Å². The first kappa shape index (κ1) is 44.6. The van der Waals surface area contributed by atoms with Crippen LogP contribution in [0.3, 0.4) is 0 Å². The number of hydrogen-bond acceptors (Lipinski definition) is 12. The Morgan fingerprint density at radius 3 is 1.81 bits per heavy atom. The van der Waals surface area contributed by atoms with Crippen molar-refractivity contribution in [3.63, 3.8) is 0 Å². The zero-order chi connectivity index (χ0) is 46.5. The van der Waals surface area contributed by atoms with Gasteiger partial charge in [-0.15, -0.1) is 34.4 Å². The summed E-state index contributed by atoms with van der Waals surface area (Å²) in [4.78, 5) is 45.8. The molecule has 8 aromatic rings. The molecule has 0 bridgehead atoms. The summed E-state index contributed by atoms with van der Waals surface area (Å²) in [6.07, 6.45) is -0.557. The molecular weight excluding hydrogens is 925 g/mol. The lowest BCUT2D eigenvalue weighted by molar-refractivity contribution is -0.144. The monoisotopic (exact) mass is 966 g/mol. The Labute approximate surface area is 411 Å². The van der Waals surface area contributed by atoms with E-state index in [1.165, 1.54) is 41.5 Å². The molecule has 6 aromatic carbocycles. The lowest BCUT2D eigenvalue weighted by atomic mass is 9.77. The van der Waals surface area contributed by atoms with E-state index in [4.69, 9.17) is 31.8 Å². The molecule has 2 N–H and O–H groups in total. The first-order valence-electron chi connectivity index (χ1n) is 21.8. The van der Waals surface area contributed by atoms with Gasteiger partial charge in [0.1, 0.15) is 46.6 Å². The predicted molar refractivity (Wildman–Crippen MR) is 276 cm³/mol. The highest BCUT2D eigenvalue weighted by Crippen LogP contribution is 2.46. The first-order chi connectivity index (χ1) is 33.4. The van der Waals surface area contributed by atoms with E-state index in [0.717, 1.165) is 49.7 Å². The van der Waals surface area contributed by atoms with Gasteiger partial charge in [0.25, 0.3) is 11.8 Å². The van der Waals surface area contributed by atoms with Crippen molar-refractivity contribution in [2.75, 3.05) is 18.2 Å². The van der Waals surface area contributed by atoms with Gasteiger partial charge in [-0.2, -0.15) is 0 Å². The van der Waals surface area contributed by atoms with Gasteiger partial charge >= 0.3 is 0 Å². The molecule has 2 aromatic heterocycles.